The maximum atomic E-state index is 11.0. The lowest BCUT2D eigenvalue weighted by Crippen LogP contribution is -2.20. The molecule has 17 heavy (non-hydrogen) atoms. The van der Waals surface area contributed by atoms with Crippen LogP contribution in [0.25, 0.3) is 0 Å². The Kier molecular flexibility index (Phi) is 5.03. The molecule has 92 valence electrons. The zero-order chi connectivity index (χ0) is 12.8. The molecule has 0 heterocycles. The smallest absolute Gasteiger partial charge is 0.218 e. The van der Waals surface area contributed by atoms with E-state index in [1.54, 1.807) is 11.8 Å². The molecule has 5 heteroatoms. The van der Waals surface area contributed by atoms with E-state index < -0.39 is 11.8 Å². The van der Waals surface area contributed by atoms with Crippen molar-refractivity contribution in [3.05, 3.63) is 29.8 Å². The molecule has 0 fully saturated rings. The van der Waals surface area contributed by atoms with E-state index >= 15 is 0 Å². The van der Waals surface area contributed by atoms with Crippen molar-refractivity contribution in [3.8, 4) is 0 Å². The van der Waals surface area contributed by atoms with E-state index in [-0.39, 0.29) is 18.8 Å². The second kappa shape index (κ2) is 6.30. The van der Waals surface area contributed by atoms with Crippen molar-refractivity contribution in [1.82, 2.24) is 0 Å². The Morgan fingerprint density at radius 2 is 1.59 bits per heavy atom. The number of thioether (sulfide) groups is 1. The van der Waals surface area contributed by atoms with Gasteiger partial charge in [-0.25, -0.2) is 0 Å². The lowest BCUT2D eigenvalue weighted by Gasteiger charge is -2.14. The minimum Gasteiger partial charge on any atom is -0.370 e. The fourth-order valence-corrected chi connectivity index (χ4v) is 2.08. The quantitative estimate of drug-likeness (QED) is 0.747. The first-order chi connectivity index (χ1) is 8.02. The molecule has 1 rings (SSSR count). The zero-order valence-corrected chi connectivity index (χ0v) is 10.5. The molecule has 0 saturated carbocycles. The number of hydrogen-bond donors (Lipinski definition) is 2. The molecule has 0 atom stereocenters. The molecule has 0 aliphatic rings. The van der Waals surface area contributed by atoms with Gasteiger partial charge in [0.2, 0.25) is 11.8 Å². The van der Waals surface area contributed by atoms with Crippen LogP contribution in [0.3, 0.4) is 0 Å². The third-order valence-electron chi connectivity index (χ3n) is 2.48. The Morgan fingerprint density at radius 3 is 1.94 bits per heavy atom. The van der Waals surface area contributed by atoms with Crippen LogP contribution in [-0.4, -0.2) is 18.1 Å². The third-order valence-corrected chi connectivity index (χ3v) is 3.23. The van der Waals surface area contributed by atoms with E-state index in [9.17, 15) is 9.59 Å². The van der Waals surface area contributed by atoms with Crippen LogP contribution in [0.5, 0.6) is 0 Å². The van der Waals surface area contributed by atoms with Crippen LogP contribution >= 0.6 is 11.8 Å². The summed E-state index contributed by atoms with van der Waals surface area (Å²) in [6, 6.07) is 7.72. The SMILES string of the molecule is CSc1ccc(C(CC(N)=O)CC(N)=O)cc1. The van der Waals surface area contributed by atoms with Gasteiger partial charge in [0.25, 0.3) is 0 Å². The maximum Gasteiger partial charge on any atom is 0.218 e. The highest BCUT2D eigenvalue weighted by molar-refractivity contribution is 7.98. The molecule has 2 amide bonds. The van der Waals surface area contributed by atoms with E-state index in [1.165, 1.54) is 0 Å². The van der Waals surface area contributed by atoms with Crippen molar-refractivity contribution in [2.24, 2.45) is 11.5 Å². The summed E-state index contributed by atoms with van der Waals surface area (Å²) < 4.78 is 0. The summed E-state index contributed by atoms with van der Waals surface area (Å²) in [5.74, 6) is -1.07. The molecule has 4 nitrogen and oxygen atoms in total. The normalized spacial score (nSPS) is 10.5. The standard InChI is InChI=1S/C12H16N2O2S/c1-17-10-4-2-8(3-5-10)9(6-11(13)15)7-12(14)16/h2-5,9H,6-7H2,1H3,(H2,13,15)(H2,14,16). The first kappa shape index (κ1) is 13.6. The second-order valence-corrected chi connectivity index (χ2v) is 4.69. The molecule has 1 aromatic rings. The summed E-state index contributed by atoms with van der Waals surface area (Å²) in [6.45, 7) is 0. The number of nitrogens with two attached hydrogens (primary N) is 2. The average Bonchev–Trinajstić information content (AvgIpc) is 2.27. The van der Waals surface area contributed by atoms with E-state index in [4.69, 9.17) is 11.5 Å². The minimum atomic E-state index is -0.426. The van der Waals surface area contributed by atoms with Gasteiger partial charge >= 0.3 is 0 Å². The van der Waals surface area contributed by atoms with Crippen molar-refractivity contribution >= 4 is 23.6 Å². The number of rotatable bonds is 6. The van der Waals surface area contributed by atoms with Gasteiger partial charge in [-0.05, 0) is 24.0 Å². The molecule has 1 aromatic carbocycles. The molecular formula is C12H16N2O2S. The van der Waals surface area contributed by atoms with Crippen LogP contribution < -0.4 is 11.5 Å². The molecule has 0 aliphatic carbocycles. The first-order valence-corrected chi connectivity index (χ1v) is 6.46. The largest absolute Gasteiger partial charge is 0.370 e. The van der Waals surface area contributed by atoms with E-state index in [1.807, 2.05) is 30.5 Å². The van der Waals surface area contributed by atoms with Gasteiger partial charge in [-0.15, -0.1) is 11.8 Å². The van der Waals surface area contributed by atoms with Crippen LogP contribution in [0.1, 0.15) is 24.3 Å². The van der Waals surface area contributed by atoms with Gasteiger partial charge in [0.1, 0.15) is 0 Å². The van der Waals surface area contributed by atoms with Crippen LogP contribution in [-0.2, 0) is 9.59 Å². The van der Waals surface area contributed by atoms with Crippen molar-refractivity contribution in [1.29, 1.82) is 0 Å². The predicted molar refractivity (Wildman–Crippen MR) is 68.6 cm³/mol. The number of primary amides is 2. The van der Waals surface area contributed by atoms with E-state index in [2.05, 4.69) is 0 Å². The van der Waals surface area contributed by atoms with Gasteiger partial charge in [-0.1, -0.05) is 12.1 Å². The summed E-state index contributed by atoms with van der Waals surface area (Å²) >= 11 is 1.63. The van der Waals surface area contributed by atoms with Gasteiger partial charge in [0.15, 0.2) is 0 Å². The highest BCUT2D eigenvalue weighted by Gasteiger charge is 2.16. The molecule has 0 saturated heterocycles. The molecule has 0 aromatic heterocycles. The fourth-order valence-electron chi connectivity index (χ4n) is 1.67. The number of amides is 2. The first-order valence-electron chi connectivity index (χ1n) is 5.23. The summed E-state index contributed by atoms with van der Waals surface area (Å²) in [4.78, 5) is 23.0. The summed E-state index contributed by atoms with van der Waals surface area (Å²) in [5.41, 5.74) is 11.3. The second-order valence-electron chi connectivity index (χ2n) is 3.81. The van der Waals surface area contributed by atoms with Gasteiger partial charge in [0, 0.05) is 23.7 Å². The lowest BCUT2D eigenvalue weighted by molar-refractivity contribution is -0.119. The Bertz CT molecular complexity index is 387. The summed E-state index contributed by atoms with van der Waals surface area (Å²) in [5, 5.41) is 0. The molecule has 0 spiro atoms. The highest BCUT2D eigenvalue weighted by Crippen LogP contribution is 2.25. The van der Waals surface area contributed by atoms with Crippen LogP contribution in [0, 0.1) is 0 Å². The maximum absolute atomic E-state index is 11.0. The van der Waals surface area contributed by atoms with E-state index in [0.29, 0.717) is 0 Å². The Hall–Kier alpha value is -1.49. The van der Waals surface area contributed by atoms with Crippen molar-refractivity contribution in [3.63, 3.8) is 0 Å². The molecule has 0 unspecified atom stereocenters. The minimum absolute atomic E-state index is 0.140. The van der Waals surface area contributed by atoms with Gasteiger partial charge in [0.05, 0.1) is 0 Å². The summed E-state index contributed by atoms with van der Waals surface area (Å²) in [7, 11) is 0. The molecule has 0 radical (unpaired) electrons. The number of carbonyl (C=O) groups is 2. The Labute approximate surface area is 105 Å². The Balaban J connectivity index is 2.86. The third kappa shape index (κ3) is 4.48. The average molecular weight is 252 g/mol. The molecule has 0 bridgehead atoms. The number of hydrogen-bond acceptors (Lipinski definition) is 3. The summed E-state index contributed by atoms with van der Waals surface area (Å²) in [6.07, 6.45) is 2.27. The van der Waals surface area contributed by atoms with Crippen molar-refractivity contribution in [2.45, 2.75) is 23.7 Å². The fraction of sp³-hybridized carbons (Fsp3) is 0.333. The zero-order valence-electron chi connectivity index (χ0n) is 9.68. The topological polar surface area (TPSA) is 86.2 Å². The van der Waals surface area contributed by atoms with Crippen LogP contribution in [0.2, 0.25) is 0 Å². The van der Waals surface area contributed by atoms with Crippen LogP contribution in [0.4, 0.5) is 0 Å². The van der Waals surface area contributed by atoms with Gasteiger partial charge in [-0.3, -0.25) is 9.59 Å². The monoisotopic (exact) mass is 252 g/mol. The lowest BCUT2D eigenvalue weighted by atomic mass is 9.92. The molecule has 0 aliphatic heterocycles. The number of benzene rings is 1. The highest BCUT2D eigenvalue weighted by atomic mass is 32.2. The van der Waals surface area contributed by atoms with Gasteiger partial charge in [-0.2, -0.15) is 0 Å². The predicted octanol–water partition coefficient (Wildman–Crippen LogP) is 1.24. The number of carbonyl (C=O) groups excluding carboxylic acids is 2. The van der Waals surface area contributed by atoms with Crippen LogP contribution in [0.15, 0.2) is 29.2 Å². The Morgan fingerprint density at radius 1 is 1.12 bits per heavy atom. The molecular weight excluding hydrogens is 236 g/mol. The van der Waals surface area contributed by atoms with Crippen molar-refractivity contribution in [2.75, 3.05) is 6.26 Å². The van der Waals surface area contributed by atoms with Crippen molar-refractivity contribution < 1.29 is 9.59 Å². The van der Waals surface area contributed by atoms with E-state index in [0.717, 1.165) is 10.5 Å². The van der Waals surface area contributed by atoms with Gasteiger partial charge < -0.3 is 11.5 Å². The molecule has 4 N–H and O–H groups in total.